The number of ether oxygens (including phenoxy) is 1. The van der Waals surface area contributed by atoms with Gasteiger partial charge in [-0.1, -0.05) is 0 Å². The van der Waals surface area contributed by atoms with Gasteiger partial charge in [0.05, 0.1) is 22.3 Å². The fourth-order valence-corrected chi connectivity index (χ4v) is 3.33. The molecule has 0 aromatic heterocycles. The molecule has 1 aliphatic rings. The summed E-state index contributed by atoms with van der Waals surface area (Å²) in [5.41, 5.74) is 0.462. The molecule has 108 valence electrons. The minimum Gasteiger partial charge on any atom is -0.381 e. The van der Waals surface area contributed by atoms with E-state index in [9.17, 15) is 8.42 Å². The summed E-state index contributed by atoms with van der Waals surface area (Å²) < 4.78 is 29.5. The first kappa shape index (κ1) is 15.0. The third kappa shape index (κ3) is 4.04. The monoisotopic (exact) mass is 294 g/mol. The Labute approximate surface area is 119 Å². The van der Waals surface area contributed by atoms with Crippen molar-refractivity contribution in [3.8, 4) is 6.07 Å². The Kier molecular flexibility index (Phi) is 5.12. The van der Waals surface area contributed by atoms with Crippen LogP contribution < -0.4 is 5.32 Å². The first-order valence-electron chi connectivity index (χ1n) is 6.66. The van der Waals surface area contributed by atoms with E-state index >= 15 is 0 Å². The normalized spacial score (nSPS) is 16.8. The van der Waals surface area contributed by atoms with Crippen LogP contribution in [0.3, 0.4) is 0 Å². The van der Waals surface area contributed by atoms with E-state index in [-0.39, 0.29) is 10.6 Å². The number of hydrogen-bond acceptors (Lipinski definition) is 5. The van der Waals surface area contributed by atoms with Crippen molar-refractivity contribution >= 4 is 9.84 Å². The van der Waals surface area contributed by atoms with E-state index in [0.717, 1.165) is 26.1 Å². The van der Waals surface area contributed by atoms with E-state index in [2.05, 4.69) is 5.32 Å². The summed E-state index contributed by atoms with van der Waals surface area (Å²) in [6.45, 7) is 1.91. The fourth-order valence-electron chi connectivity index (χ4n) is 2.15. The second-order valence-corrected chi connectivity index (χ2v) is 6.90. The summed E-state index contributed by atoms with van der Waals surface area (Å²) in [5, 5.41) is 12.0. The van der Waals surface area contributed by atoms with Gasteiger partial charge in [0.25, 0.3) is 0 Å². The van der Waals surface area contributed by atoms with E-state index in [1.807, 2.05) is 6.07 Å². The molecule has 1 aromatic carbocycles. The highest BCUT2D eigenvalue weighted by atomic mass is 32.2. The minimum absolute atomic E-state index is 0.0657. The molecule has 5 nitrogen and oxygen atoms in total. The Morgan fingerprint density at radius 1 is 1.25 bits per heavy atom. The van der Waals surface area contributed by atoms with Gasteiger partial charge >= 0.3 is 0 Å². The van der Waals surface area contributed by atoms with Gasteiger partial charge in [0.2, 0.25) is 0 Å². The lowest BCUT2D eigenvalue weighted by Crippen LogP contribution is -2.37. The molecular formula is C14H18N2O3S. The number of nitrogens with one attached hydrogen (secondary N) is 1. The Bertz CT molecular complexity index is 569. The van der Waals surface area contributed by atoms with E-state index in [0.29, 0.717) is 18.2 Å². The summed E-state index contributed by atoms with van der Waals surface area (Å²) in [5.74, 6) is 0.0657. The maximum Gasteiger partial charge on any atom is 0.179 e. The Morgan fingerprint density at radius 2 is 1.90 bits per heavy atom. The predicted molar refractivity (Wildman–Crippen MR) is 75.1 cm³/mol. The van der Waals surface area contributed by atoms with Gasteiger partial charge in [-0.2, -0.15) is 5.26 Å². The van der Waals surface area contributed by atoms with Gasteiger partial charge in [-0.25, -0.2) is 8.42 Å². The Hall–Kier alpha value is -1.42. The summed E-state index contributed by atoms with van der Waals surface area (Å²) in [6.07, 6.45) is 1.85. The Morgan fingerprint density at radius 3 is 2.50 bits per heavy atom. The second-order valence-electron chi connectivity index (χ2n) is 4.80. The highest BCUT2D eigenvalue weighted by Gasteiger charge is 2.17. The molecule has 0 radical (unpaired) electrons. The molecule has 0 aliphatic carbocycles. The molecule has 0 spiro atoms. The van der Waals surface area contributed by atoms with Gasteiger partial charge in [0, 0.05) is 25.8 Å². The topological polar surface area (TPSA) is 79.2 Å². The van der Waals surface area contributed by atoms with Gasteiger partial charge in [-0.3, -0.25) is 0 Å². The molecule has 0 atom stereocenters. The van der Waals surface area contributed by atoms with Crippen molar-refractivity contribution in [3.63, 3.8) is 0 Å². The third-order valence-electron chi connectivity index (χ3n) is 3.37. The lowest BCUT2D eigenvalue weighted by molar-refractivity contribution is 0.0785. The van der Waals surface area contributed by atoms with Gasteiger partial charge in [-0.05, 0) is 37.1 Å². The molecule has 1 aromatic rings. The van der Waals surface area contributed by atoms with Crippen LogP contribution in [0.1, 0.15) is 18.4 Å². The van der Waals surface area contributed by atoms with Crippen molar-refractivity contribution in [2.45, 2.75) is 23.8 Å². The number of sulfone groups is 1. The van der Waals surface area contributed by atoms with E-state index in [4.69, 9.17) is 10.00 Å². The Balaban J connectivity index is 1.88. The van der Waals surface area contributed by atoms with Gasteiger partial charge in [0.1, 0.15) is 0 Å². The van der Waals surface area contributed by atoms with E-state index in [1.54, 1.807) is 0 Å². The highest BCUT2D eigenvalue weighted by Crippen LogP contribution is 2.12. The van der Waals surface area contributed by atoms with Crippen molar-refractivity contribution in [1.82, 2.24) is 5.32 Å². The third-order valence-corrected chi connectivity index (χ3v) is 5.10. The molecule has 1 heterocycles. The van der Waals surface area contributed by atoms with Crippen LogP contribution in [0.2, 0.25) is 0 Å². The zero-order valence-electron chi connectivity index (χ0n) is 11.2. The van der Waals surface area contributed by atoms with Crippen LogP contribution in [0, 0.1) is 11.3 Å². The predicted octanol–water partition coefficient (Wildman–Crippen LogP) is 1.10. The molecule has 1 aliphatic heterocycles. The van der Waals surface area contributed by atoms with Crippen molar-refractivity contribution in [2.24, 2.45) is 0 Å². The summed E-state index contributed by atoms with van der Waals surface area (Å²) in [4.78, 5) is 0.269. The average Bonchev–Trinajstić information content (AvgIpc) is 2.48. The van der Waals surface area contributed by atoms with E-state index < -0.39 is 9.84 Å². The van der Waals surface area contributed by atoms with Crippen LogP contribution in [0.4, 0.5) is 0 Å². The van der Waals surface area contributed by atoms with Crippen molar-refractivity contribution in [2.75, 3.05) is 25.5 Å². The molecule has 0 saturated carbocycles. The zero-order valence-corrected chi connectivity index (χ0v) is 12.0. The first-order valence-corrected chi connectivity index (χ1v) is 8.31. The zero-order chi connectivity index (χ0) is 14.4. The number of nitriles is 1. The lowest BCUT2D eigenvalue weighted by Gasteiger charge is -2.23. The molecule has 1 N–H and O–H groups in total. The molecule has 1 saturated heterocycles. The molecule has 6 heteroatoms. The van der Waals surface area contributed by atoms with Crippen molar-refractivity contribution in [3.05, 3.63) is 29.8 Å². The van der Waals surface area contributed by atoms with Crippen molar-refractivity contribution in [1.29, 1.82) is 5.26 Å². The van der Waals surface area contributed by atoms with E-state index in [1.165, 1.54) is 24.3 Å². The maximum absolute atomic E-state index is 12.1. The summed E-state index contributed by atoms with van der Waals surface area (Å²) in [6, 6.07) is 8.35. The van der Waals surface area contributed by atoms with Crippen LogP contribution in [-0.4, -0.2) is 40.0 Å². The molecule has 2 rings (SSSR count). The molecular weight excluding hydrogens is 276 g/mol. The number of rotatable bonds is 5. The maximum atomic E-state index is 12.1. The number of nitrogens with zero attached hydrogens (tertiary/aromatic N) is 1. The SMILES string of the molecule is N#Cc1ccc(S(=O)(=O)CCNC2CCOCC2)cc1. The van der Waals surface area contributed by atoms with Crippen LogP contribution in [0.15, 0.2) is 29.2 Å². The van der Waals surface area contributed by atoms with Crippen LogP contribution in [-0.2, 0) is 14.6 Å². The quantitative estimate of drug-likeness (QED) is 0.879. The first-order chi connectivity index (χ1) is 9.62. The van der Waals surface area contributed by atoms with Crippen LogP contribution >= 0.6 is 0 Å². The van der Waals surface area contributed by atoms with Crippen LogP contribution in [0.25, 0.3) is 0 Å². The van der Waals surface area contributed by atoms with Gasteiger partial charge in [-0.15, -0.1) is 0 Å². The molecule has 0 amide bonds. The smallest absolute Gasteiger partial charge is 0.179 e. The van der Waals surface area contributed by atoms with Crippen LogP contribution in [0.5, 0.6) is 0 Å². The molecule has 1 fully saturated rings. The largest absolute Gasteiger partial charge is 0.381 e. The summed E-state index contributed by atoms with van der Waals surface area (Å²) in [7, 11) is -3.29. The highest BCUT2D eigenvalue weighted by molar-refractivity contribution is 7.91. The summed E-state index contributed by atoms with van der Waals surface area (Å²) >= 11 is 0. The molecule has 0 unspecified atom stereocenters. The van der Waals surface area contributed by atoms with Gasteiger partial charge in [0.15, 0.2) is 9.84 Å². The molecule has 20 heavy (non-hydrogen) atoms. The average molecular weight is 294 g/mol. The fraction of sp³-hybridized carbons (Fsp3) is 0.500. The molecule has 0 bridgehead atoms. The lowest BCUT2D eigenvalue weighted by atomic mass is 10.1. The number of hydrogen-bond donors (Lipinski definition) is 1. The van der Waals surface area contributed by atoms with Crippen molar-refractivity contribution < 1.29 is 13.2 Å². The number of benzene rings is 1. The minimum atomic E-state index is -3.29. The van der Waals surface area contributed by atoms with Gasteiger partial charge < -0.3 is 10.1 Å². The standard InChI is InChI=1S/C14H18N2O3S/c15-11-12-1-3-14(4-2-12)20(17,18)10-7-16-13-5-8-19-9-6-13/h1-4,13,16H,5-10H2. The second kappa shape index (κ2) is 6.84.